The van der Waals surface area contributed by atoms with Crippen LogP contribution < -0.4 is 0 Å². The van der Waals surface area contributed by atoms with Crippen LogP contribution in [-0.4, -0.2) is 11.3 Å². The van der Waals surface area contributed by atoms with Gasteiger partial charge in [-0.15, -0.1) is 0 Å². The molecule has 0 aliphatic heterocycles. The van der Waals surface area contributed by atoms with Crippen LogP contribution in [0.15, 0.2) is 18.2 Å². The summed E-state index contributed by atoms with van der Waals surface area (Å²) in [6.07, 6.45) is -13.7. The Morgan fingerprint density at radius 1 is 1.00 bits per heavy atom. The normalized spacial score (nSPS) is 14.8. The summed E-state index contributed by atoms with van der Waals surface area (Å²) in [5, 5.41) is 8.74. The van der Waals surface area contributed by atoms with Crippen LogP contribution in [0.2, 0.25) is 0 Å². The number of hydrogen-bond donors (Lipinski definition) is 1. The second kappa shape index (κ2) is 4.17. The maximum absolute atomic E-state index is 12.6. The predicted octanol–water partition coefficient (Wildman–Crippen LogP) is 3.44. The minimum atomic E-state index is -5.25. The third-order valence-electron chi connectivity index (χ3n) is 1.93. The van der Waals surface area contributed by atoms with E-state index in [0.29, 0.717) is 6.07 Å². The number of benzene rings is 1. The van der Waals surface area contributed by atoms with Crippen molar-refractivity contribution in [3.05, 3.63) is 35.1 Å². The quantitative estimate of drug-likeness (QED) is 0.768. The molecule has 0 aliphatic carbocycles. The van der Waals surface area contributed by atoms with Gasteiger partial charge in [-0.1, -0.05) is 6.07 Å². The van der Waals surface area contributed by atoms with Crippen molar-refractivity contribution in [2.75, 3.05) is 0 Å². The van der Waals surface area contributed by atoms with E-state index in [2.05, 4.69) is 0 Å². The summed E-state index contributed by atoms with van der Waals surface area (Å²) in [7, 11) is 0. The molecule has 17 heavy (non-hydrogen) atoms. The molecule has 0 radical (unpaired) electrons. The molecule has 0 fully saturated rings. The van der Waals surface area contributed by atoms with Crippen LogP contribution >= 0.6 is 0 Å². The largest absolute Gasteiger partial charge is 0.418 e. The highest BCUT2D eigenvalue weighted by molar-refractivity contribution is 5.32. The van der Waals surface area contributed by atoms with Gasteiger partial charge >= 0.3 is 12.4 Å². The summed E-state index contributed by atoms with van der Waals surface area (Å²) in [6, 6.07) is 0.583. The number of aliphatic hydroxyl groups excluding tert-OH is 1. The van der Waals surface area contributed by atoms with Gasteiger partial charge in [0.1, 0.15) is 5.82 Å². The van der Waals surface area contributed by atoms with Crippen molar-refractivity contribution in [1.82, 2.24) is 0 Å². The van der Waals surface area contributed by atoms with Gasteiger partial charge in [-0.2, -0.15) is 26.3 Å². The third kappa shape index (κ3) is 3.09. The van der Waals surface area contributed by atoms with Crippen LogP contribution in [0.25, 0.3) is 0 Å². The molecule has 0 bridgehead atoms. The average Bonchev–Trinajstić information content (AvgIpc) is 2.14. The first-order valence-electron chi connectivity index (χ1n) is 4.15. The van der Waals surface area contributed by atoms with E-state index < -0.39 is 35.4 Å². The maximum Gasteiger partial charge on any atom is 0.418 e. The number of rotatable bonds is 1. The Kier molecular flexibility index (Phi) is 3.37. The van der Waals surface area contributed by atoms with Crippen LogP contribution in [0.4, 0.5) is 30.7 Å². The molecule has 96 valence electrons. The molecule has 0 saturated heterocycles. The van der Waals surface area contributed by atoms with E-state index in [1.807, 2.05) is 0 Å². The Hall–Kier alpha value is -1.31. The summed E-state index contributed by atoms with van der Waals surface area (Å²) in [5.74, 6) is -1.34. The third-order valence-corrected chi connectivity index (χ3v) is 1.93. The fraction of sp³-hybridized carbons (Fsp3) is 0.333. The van der Waals surface area contributed by atoms with Gasteiger partial charge in [0.25, 0.3) is 0 Å². The zero-order valence-corrected chi connectivity index (χ0v) is 7.90. The van der Waals surface area contributed by atoms with Gasteiger partial charge in [-0.3, -0.25) is 0 Å². The average molecular weight is 262 g/mol. The monoisotopic (exact) mass is 262 g/mol. The highest BCUT2D eigenvalue weighted by Gasteiger charge is 2.44. The lowest BCUT2D eigenvalue weighted by atomic mass is 10.0. The van der Waals surface area contributed by atoms with E-state index in [-0.39, 0.29) is 12.1 Å². The molecule has 0 saturated carbocycles. The van der Waals surface area contributed by atoms with Crippen molar-refractivity contribution >= 4 is 0 Å². The predicted molar refractivity (Wildman–Crippen MR) is 42.4 cm³/mol. The summed E-state index contributed by atoms with van der Waals surface area (Å²) >= 11 is 0. The molecule has 1 nitrogen and oxygen atoms in total. The van der Waals surface area contributed by atoms with Gasteiger partial charge in [0.05, 0.1) is 5.56 Å². The molecule has 1 N–H and O–H groups in total. The molecular formula is C9H5F7O. The summed E-state index contributed by atoms with van der Waals surface area (Å²) < 4.78 is 85.8. The lowest BCUT2D eigenvalue weighted by molar-refractivity contribution is -0.209. The molecule has 0 amide bonds. The summed E-state index contributed by atoms with van der Waals surface area (Å²) in [6.45, 7) is 0. The van der Waals surface area contributed by atoms with Crippen LogP contribution in [0.3, 0.4) is 0 Å². The minimum absolute atomic E-state index is 0.0930. The molecule has 1 rings (SSSR count). The molecule has 0 unspecified atom stereocenters. The van der Waals surface area contributed by atoms with Crippen molar-refractivity contribution in [3.8, 4) is 0 Å². The first-order valence-corrected chi connectivity index (χ1v) is 4.15. The topological polar surface area (TPSA) is 20.2 Å². The van der Waals surface area contributed by atoms with E-state index in [4.69, 9.17) is 5.11 Å². The van der Waals surface area contributed by atoms with E-state index in [0.717, 1.165) is 0 Å². The fourth-order valence-corrected chi connectivity index (χ4v) is 1.19. The second-order valence-electron chi connectivity index (χ2n) is 3.17. The van der Waals surface area contributed by atoms with E-state index in [1.165, 1.54) is 0 Å². The van der Waals surface area contributed by atoms with E-state index in [1.54, 1.807) is 0 Å². The molecule has 1 aromatic rings. The van der Waals surface area contributed by atoms with Gasteiger partial charge in [-0.05, 0) is 12.1 Å². The van der Waals surface area contributed by atoms with Crippen molar-refractivity contribution in [2.24, 2.45) is 0 Å². The van der Waals surface area contributed by atoms with Crippen molar-refractivity contribution in [1.29, 1.82) is 0 Å². The molecule has 0 aliphatic rings. The summed E-state index contributed by atoms with van der Waals surface area (Å²) in [5.41, 5.74) is -3.27. The molecule has 1 aromatic carbocycles. The molecule has 0 heterocycles. The van der Waals surface area contributed by atoms with Crippen molar-refractivity contribution in [3.63, 3.8) is 0 Å². The van der Waals surface area contributed by atoms with Gasteiger partial charge in [0.15, 0.2) is 6.10 Å². The lowest BCUT2D eigenvalue weighted by Crippen LogP contribution is -2.23. The zero-order valence-electron chi connectivity index (χ0n) is 7.90. The Labute approximate surface area is 90.5 Å². The van der Waals surface area contributed by atoms with Gasteiger partial charge in [-0.25, -0.2) is 4.39 Å². The van der Waals surface area contributed by atoms with Gasteiger partial charge in [0, 0.05) is 5.56 Å². The molecule has 1 atom stereocenters. The molecule has 0 spiro atoms. The van der Waals surface area contributed by atoms with E-state index >= 15 is 0 Å². The fourth-order valence-electron chi connectivity index (χ4n) is 1.19. The van der Waals surface area contributed by atoms with Gasteiger partial charge in [0.2, 0.25) is 0 Å². The first-order chi connectivity index (χ1) is 7.53. The smallest absolute Gasteiger partial charge is 0.379 e. The first kappa shape index (κ1) is 13.8. The summed E-state index contributed by atoms with van der Waals surface area (Å²) in [4.78, 5) is 0. The molecule has 8 heteroatoms. The number of aliphatic hydroxyl groups is 1. The highest BCUT2D eigenvalue weighted by Crippen LogP contribution is 2.40. The van der Waals surface area contributed by atoms with Crippen LogP contribution in [0, 0.1) is 5.82 Å². The van der Waals surface area contributed by atoms with Crippen molar-refractivity contribution < 1.29 is 35.8 Å². The number of alkyl halides is 6. The van der Waals surface area contributed by atoms with Crippen LogP contribution in [0.5, 0.6) is 0 Å². The molecule has 0 aromatic heterocycles. The van der Waals surface area contributed by atoms with E-state index in [9.17, 15) is 30.7 Å². The number of hydrogen-bond acceptors (Lipinski definition) is 1. The minimum Gasteiger partial charge on any atom is -0.379 e. The maximum atomic E-state index is 12.6. The van der Waals surface area contributed by atoms with Crippen LogP contribution in [0.1, 0.15) is 17.2 Å². The Morgan fingerprint density at radius 2 is 1.53 bits per heavy atom. The number of halogens is 7. The zero-order chi connectivity index (χ0) is 13.4. The van der Waals surface area contributed by atoms with Gasteiger partial charge < -0.3 is 5.11 Å². The molecular weight excluding hydrogens is 257 g/mol. The highest BCUT2D eigenvalue weighted by atomic mass is 19.4. The second-order valence-corrected chi connectivity index (χ2v) is 3.17. The lowest BCUT2D eigenvalue weighted by Gasteiger charge is -2.19. The SMILES string of the molecule is O[C@H](c1ccc(F)cc1C(F)(F)F)C(F)(F)F. The Bertz CT molecular complexity index is 407. The van der Waals surface area contributed by atoms with Crippen LogP contribution in [-0.2, 0) is 6.18 Å². The Balaban J connectivity index is 3.34. The Morgan fingerprint density at radius 3 is 1.94 bits per heavy atom. The van der Waals surface area contributed by atoms with Crippen molar-refractivity contribution in [2.45, 2.75) is 18.5 Å². The standard InChI is InChI=1S/C9H5F7O/c10-4-1-2-5(7(17)9(14,15)16)6(3-4)8(11,12)13/h1-3,7,17H/t7-/m1/s1.